The van der Waals surface area contributed by atoms with Gasteiger partial charge in [0.25, 0.3) is 11.6 Å². The van der Waals surface area contributed by atoms with Crippen LogP contribution in [0.2, 0.25) is 0 Å². The number of nitro benzene ring substituents is 1. The van der Waals surface area contributed by atoms with Crippen molar-refractivity contribution in [2.45, 2.75) is 12.7 Å². The van der Waals surface area contributed by atoms with Crippen molar-refractivity contribution < 1.29 is 32.0 Å². The highest BCUT2D eigenvalue weighted by Crippen LogP contribution is 2.36. The van der Waals surface area contributed by atoms with E-state index in [9.17, 15) is 28.1 Å². The normalized spacial score (nSPS) is 11.2. The average molecular weight is 497 g/mol. The summed E-state index contributed by atoms with van der Waals surface area (Å²) >= 11 is 0. The number of benzene rings is 3. The molecule has 1 amide bonds. The lowest BCUT2D eigenvalue weighted by Crippen LogP contribution is -2.23. The van der Waals surface area contributed by atoms with Gasteiger partial charge in [-0.3, -0.25) is 14.9 Å². The molecule has 0 saturated carbocycles. The number of nitrogens with zero attached hydrogens (tertiary/aromatic N) is 2. The molecule has 8 nitrogen and oxygen atoms in total. The minimum atomic E-state index is -4.53. The second-order valence-electron chi connectivity index (χ2n) is 7.58. The van der Waals surface area contributed by atoms with Crippen LogP contribution in [0.5, 0.6) is 5.75 Å². The molecule has 0 fully saturated rings. The minimum absolute atomic E-state index is 0.00255. The third-order valence-electron chi connectivity index (χ3n) is 5.26. The number of hydrogen-bond donors (Lipinski definition) is 1. The number of nitrogens with one attached hydrogen (secondary N) is 1. The molecule has 11 heteroatoms. The second kappa shape index (κ2) is 9.90. The number of carbonyl (C=O) groups is 1. The molecule has 0 radical (unpaired) electrons. The van der Waals surface area contributed by atoms with E-state index in [0.717, 1.165) is 29.8 Å². The molecule has 0 aliphatic rings. The maximum atomic E-state index is 13.1. The zero-order valence-corrected chi connectivity index (χ0v) is 18.7. The van der Waals surface area contributed by atoms with E-state index in [1.807, 2.05) is 0 Å². The summed E-state index contributed by atoms with van der Waals surface area (Å²) in [5.41, 5.74) is -0.513. The summed E-state index contributed by atoms with van der Waals surface area (Å²) in [6.45, 7) is 0.113. The van der Waals surface area contributed by atoms with Gasteiger partial charge in [0.2, 0.25) is 5.89 Å². The predicted octanol–water partition coefficient (Wildman–Crippen LogP) is 5.87. The minimum Gasteiger partial charge on any atom is -0.497 e. The average Bonchev–Trinajstić information content (AvgIpc) is 3.32. The SMILES string of the molecule is COc1ccc(CNC(=O)c2nc(-c3ccc(C(F)(F)F)cc3)oc2-c2ccccc2[N+](=O)[O-])cc1. The fourth-order valence-corrected chi connectivity index (χ4v) is 3.42. The third kappa shape index (κ3) is 5.19. The molecule has 0 saturated heterocycles. The highest BCUT2D eigenvalue weighted by Gasteiger charge is 2.31. The largest absolute Gasteiger partial charge is 0.497 e. The zero-order valence-electron chi connectivity index (χ0n) is 18.7. The van der Waals surface area contributed by atoms with Crippen molar-refractivity contribution >= 4 is 11.6 Å². The van der Waals surface area contributed by atoms with Crippen LogP contribution >= 0.6 is 0 Å². The number of aromatic nitrogens is 1. The molecule has 0 unspecified atom stereocenters. The number of nitro groups is 1. The van der Waals surface area contributed by atoms with E-state index in [-0.39, 0.29) is 40.7 Å². The Kier molecular flexibility index (Phi) is 6.73. The maximum absolute atomic E-state index is 13.1. The van der Waals surface area contributed by atoms with Gasteiger partial charge < -0.3 is 14.5 Å². The summed E-state index contributed by atoms with van der Waals surface area (Å²) in [7, 11) is 1.53. The van der Waals surface area contributed by atoms with E-state index in [4.69, 9.17) is 9.15 Å². The second-order valence-corrected chi connectivity index (χ2v) is 7.58. The van der Waals surface area contributed by atoms with Gasteiger partial charge in [0.1, 0.15) is 5.75 Å². The number of rotatable bonds is 7. The quantitative estimate of drug-likeness (QED) is 0.253. The lowest BCUT2D eigenvalue weighted by atomic mass is 10.1. The van der Waals surface area contributed by atoms with Crippen LogP contribution in [0, 0.1) is 10.1 Å². The number of hydrogen-bond acceptors (Lipinski definition) is 6. The van der Waals surface area contributed by atoms with Crippen LogP contribution in [0.3, 0.4) is 0 Å². The summed E-state index contributed by atoms with van der Waals surface area (Å²) in [4.78, 5) is 28.2. The van der Waals surface area contributed by atoms with Gasteiger partial charge in [0, 0.05) is 18.2 Å². The number of alkyl halides is 3. The molecule has 36 heavy (non-hydrogen) atoms. The molecular formula is C25H18F3N3O5. The number of carbonyl (C=O) groups excluding carboxylic acids is 1. The van der Waals surface area contributed by atoms with E-state index >= 15 is 0 Å². The van der Waals surface area contributed by atoms with Gasteiger partial charge in [0.05, 0.1) is 23.2 Å². The standard InChI is InChI=1S/C25H18F3N3O5/c1-35-18-12-6-15(7-13-18)14-29-23(32)21-22(19-4-2-3-5-20(19)31(33)34)36-24(30-21)16-8-10-17(11-9-16)25(26,27)28/h2-13H,14H2,1H3,(H,29,32). The molecule has 3 aromatic carbocycles. The summed E-state index contributed by atoms with van der Waals surface area (Å²) in [5.74, 6) is -0.377. The van der Waals surface area contributed by atoms with Crippen LogP contribution in [-0.4, -0.2) is 22.9 Å². The molecule has 0 aliphatic carbocycles. The molecule has 0 atom stereocenters. The molecule has 4 rings (SSSR count). The Labute approximate surface area is 202 Å². The zero-order chi connectivity index (χ0) is 25.9. The van der Waals surface area contributed by atoms with Crippen LogP contribution < -0.4 is 10.1 Å². The van der Waals surface area contributed by atoms with Gasteiger partial charge in [-0.15, -0.1) is 0 Å². The molecule has 0 aliphatic heterocycles. The van der Waals surface area contributed by atoms with Crippen molar-refractivity contribution in [3.8, 4) is 28.5 Å². The first-order valence-electron chi connectivity index (χ1n) is 10.5. The summed E-state index contributed by atoms with van der Waals surface area (Å²) in [6.07, 6.45) is -4.53. The molecule has 1 N–H and O–H groups in total. The van der Waals surface area contributed by atoms with Crippen molar-refractivity contribution in [1.29, 1.82) is 0 Å². The first kappa shape index (κ1) is 24.5. The van der Waals surface area contributed by atoms with Crippen molar-refractivity contribution in [2.75, 3.05) is 7.11 Å². The Balaban J connectivity index is 1.71. The predicted molar refractivity (Wildman–Crippen MR) is 123 cm³/mol. The Morgan fingerprint density at radius 1 is 1.06 bits per heavy atom. The third-order valence-corrected chi connectivity index (χ3v) is 5.26. The Bertz CT molecular complexity index is 1400. The number of ether oxygens (including phenoxy) is 1. The topological polar surface area (TPSA) is 108 Å². The van der Waals surface area contributed by atoms with E-state index < -0.39 is 22.6 Å². The lowest BCUT2D eigenvalue weighted by Gasteiger charge is -2.06. The number of methoxy groups -OCH3 is 1. The molecule has 1 aromatic heterocycles. The van der Waals surface area contributed by atoms with E-state index in [2.05, 4.69) is 10.3 Å². The van der Waals surface area contributed by atoms with Gasteiger partial charge >= 0.3 is 6.18 Å². The Morgan fingerprint density at radius 3 is 2.33 bits per heavy atom. The Hall–Kier alpha value is -4.67. The van der Waals surface area contributed by atoms with E-state index in [1.54, 1.807) is 24.3 Å². The van der Waals surface area contributed by atoms with E-state index in [1.165, 1.54) is 31.4 Å². The fraction of sp³-hybridized carbons (Fsp3) is 0.120. The van der Waals surface area contributed by atoms with Gasteiger partial charge in [-0.05, 0) is 48.0 Å². The monoisotopic (exact) mass is 497 g/mol. The van der Waals surface area contributed by atoms with Crippen LogP contribution in [-0.2, 0) is 12.7 Å². The van der Waals surface area contributed by atoms with Crippen LogP contribution in [0.15, 0.2) is 77.2 Å². The van der Waals surface area contributed by atoms with Gasteiger partial charge in [-0.2, -0.15) is 13.2 Å². The molecule has 4 aromatic rings. The van der Waals surface area contributed by atoms with Gasteiger partial charge in [-0.1, -0.05) is 24.3 Å². The van der Waals surface area contributed by atoms with Crippen molar-refractivity contribution in [1.82, 2.24) is 10.3 Å². The number of amides is 1. The highest BCUT2D eigenvalue weighted by molar-refractivity contribution is 5.99. The summed E-state index contributed by atoms with van der Waals surface area (Å²) in [6, 6.07) is 16.6. The van der Waals surface area contributed by atoms with E-state index in [0.29, 0.717) is 5.75 Å². The van der Waals surface area contributed by atoms with Crippen LogP contribution in [0.4, 0.5) is 18.9 Å². The van der Waals surface area contributed by atoms with Crippen LogP contribution in [0.1, 0.15) is 21.6 Å². The first-order chi connectivity index (χ1) is 17.2. The number of para-hydroxylation sites is 1. The molecule has 0 spiro atoms. The molecular weight excluding hydrogens is 479 g/mol. The Morgan fingerprint density at radius 2 is 1.72 bits per heavy atom. The lowest BCUT2D eigenvalue weighted by molar-refractivity contribution is -0.384. The molecule has 0 bridgehead atoms. The first-order valence-corrected chi connectivity index (χ1v) is 10.5. The van der Waals surface area contributed by atoms with Crippen LogP contribution in [0.25, 0.3) is 22.8 Å². The number of halogens is 3. The maximum Gasteiger partial charge on any atom is 0.416 e. The van der Waals surface area contributed by atoms with Gasteiger partial charge in [0.15, 0.2) is 11.5 Å². The molecule has 184 valence electrons. The van der Waals surface area contributed by atoms with Crippen molar-refractivity contribution in [3.63, 3.8) is 0 Å². The van der Waals surface area contributed by atoms with Crippen molar-refractivity contribution in [2.24, 2.45) is 0 Å². The fourth-order valence-electron chi connectivity index (χ4n) is 3.42. The van der Waals surface area contributed by atoms with Gasteiger partial charge in [-0.25, -0.2) is 4.98 Å². The highest BCUT2D eigenvalue weighted by atomic mass is 19.4. The summed E-state index contributed by atoms with van der Waals surface area (Å²) < 4.78 is 49.7. The number of oxazole rings is 1. The summed E-state index contributed by atoms with van der Waals surface area (Å²) in [5, 5.41) is 14.3. The molecule has 1 heterocycles. The smallest absolute Gasteiger partial charge is 0.416 e. The van der Waals surface area contributed by atoms with Crippen molar-refractivity contribution in [3.05, 3.63) is 99.7 Å².